The minimum Gasteiger partial charge on any atom is -0.342 e. The Labute approximate surface area is 155 Å². The summed E-state index contributed by atoms with van der Waals surface area (Å²) in [6, 6.07) is 8.09. The average molecular weight is 361 g/mol. The molecule has 1 amide bonds. The molecule has 136 valence electrons. The molecule has 1 aliphatic heterocycles. The van der Waals surface area contributed by atoms with Crippen molar-refractivity contribution in [3.63, 3.8) is 0 Å². The molecule has 4 heteroatoms. The van der Waals surface area contributed by atoms with Crippen molar-refractivity contribution in [1.82, 2.24) is 4.90 Å². The maximum Gasteiger partial charge on any atom is 0.229 e. The van der Waals surface area contributed by atoms with E-state index in [1.165, 1.54) is 24.8 Å². The lowest BCUT2D eigenvalue weighted by Crippen LogP contribution is -2.48. The summed E-state index contributed by atoms with van der Waals surface area (Å²) in [7, 11) is 0. The van der Waals surface area contributed by atoms with E-state index in [4.69, 9.17) is 17.3 Å². The molecule has 1 aromatic carbocycles. The van der Waals surface area contributed by atoms with E-state index in [-0.39, 0.29) is 10.8 Å². The fraction of sp³-hybridized carbons (Fsp3) is 0.667. The van der Waals surface area contributed by atoms with Gasteiger partial charge in [0.1, 0.15) is 0 Å². The van der Waals surface area contributed by atoms with Crippen LogP contribution in [0.2, 0.25) is 5.02 Å². The smallest absolute Gasteiger partial charge is 0.229 e. The molecule has 0 spiro atoms. The first-order valence-electron chi connectivity index (χ1n) is 9.68. The predicted molar refractivity (Wildman–Crippen MR) is 101 cm³/mol. The van der Waals surface area contributed by atoms with E-state index >= 15 is 0 Å². The molecule has 4 unspecified atom stereocenters. The Morgan fingerprint density at radius 3 is 2.64 bits per heavy atom. The van der Waals surface area contributed by atoms with Gasteiger partial charge < -0.3 is 10.6 Å². The molecule has 1 saturated heterocycles. The number of benzene rings is 1. The van der Waals surface area contributed by atoms with Crippen molar-refractivity contribution in [2.45, 2.75) is 45.4 Å². The lowest BCUT2D eigenvalue weighted by atomic mass is 9.68. The maximum absolute atomic E-state index is 13.7. The number of carbonyl (C=O) groups excluding carboxylic acids is 1. The lowest BCUT2D eigenvalue weighted by Gasteiger charge is -2.40. The largest absolute Gasteiger partial charge is 0.342 e. The number of carbonyl (C=O) groups is 1. The molecule has 2 saturated carbocycles. The van der Waals surface area contributed by atoms with Crippen molar-refractivity contribution in [2.75, 3.05) is 19.6 Å². The Balaban J connectivity index is 1.60. The van der Waals surface area contributed by atoms with Crippen molar-refractivity contribution in [1.29, 1.82) is 0 Å². The third-order valence-corrected chi connectivity index (χ3v) is 7.42. The van der Waals surface area contributed by atoms with Crippen LogP contribution in [0.1, 0.15) is 44.6 Å². The zero-order valence-electron chi connectivity index (χ0n) is 15.1. The summed E-state index contributed by atoms with van der Waals surface area (Å²) in [6.07, 6.45) is 6.71. The second kappa shape index (κ2) is 6.28. The quantitative estimate of drug-likeness (QED) is 0.885. The summed E-state index contributed by atoms with van der Waals surface area (Å²) >= 11 is 6.05. The van der Waals surface area contributed by atoms with Crippen molar-refractivity contribution in [3.05, 3.63) is 34.9 Å². The van der Waals surface area contributed by atoms with E-state index < -0.39 is 0 Å². The summed E-state index contributed by atoms with van der Waals surface area (Å²) in [6.45, 7) is 4.56. The number of likely N-dealkylation sites (tertiary alicyclic amines) is 1. The predicted octanol–water partition coefficient (Wildman–Crippen LogP) is 3.89. The molecular weight excluding hydrogens is 332 g/mol. The SMILES string of the molecule is CC1(CN)CCN(C(=O)C2(Cc3ccc(Cl)cc3)CC3CCC2C3)C1. The van der Waals surface area contributed by atoms with Crippen LogP contribution in [0.25, 0.3) is 0 Å². The van der Waals surface area contributed by atoms with Crippen molar-refractivity contribution >= 4 is 17.5 Å². The summed E-state index contributed by atoms with van der Waals surface area (Å²) in [5.74, 6) is 1.68. The van der Waals surface area contributed by atoms with E-state index in [1.807, 2.05) is 12.1 Å². The Morgan fingerprint density at radius 1 is 1.32 bits per heavy atom. The van der Waals surface area contributed by atoms with Crippen LogP contribution in [-0.4, -0.2) is 30.4 Å². The zero-order chi connectivity index (χ0) is 17.7. The van der Waals surface area contributed by atoms with Crippen LogP contribution < -0.4 is 5.73 Å². The van der Waals surface area contributed by atoms with Crippen LogP contribution in [0.15, 0.2) is 24.3 Å². The lowest BCUT2D eigenvalue weighted by molar-refractivity contribution is -0.144. The number of nitrogens with two attached hydrogens (primary N) is 1. The van der Waals surface area contributed by atoms with Gasteiger partial charge in [0, 0.05) is 18.1 Å². The molecule has 1 aromatic rings. The second-order valence-corrected chi connectivity index (χ2v) is 9.47. The molecule has 2 aliphatic carbocycles. The van der Waals surface area contributed by atoms with Crippen molar-refractivity contribution in [3.8, 4) is 0 Å². The van der Waals surface area contributed by atoms with Gasteiger partial charge in [0.05, 0.1) is 5.41 Å². The van der Waals surface area contributed by atoms with Gasteiger partial charge in [-0.2, -0.15) is 0 Å². The normalized spacial score (nSPS) is 37.0. The molecule has 4 rings (SSSR count). The van der Waals surface area contributed by atoms with Crippen LogP contribution in [-0.2, 0) is 11.2 Å². The van der Waals surface area contributed by atoms with E-state index in [9.17, 15) is 4.79 Å². The number of hydrogen-bond donors (Lipinski definition) is 1. The van der Waals surface area contributed by atoms with Gasteiger partial charge in [-0.25, -0.2) is 0 Å². The van der Waals surface area contributed by atoms with Gasteiger partial charge in [-0.1, -0.05) is 37.1 Å². The number of amides is 1. The Hall–Kier alpha value is -1.06. The molecule has 2 bridgehead atoms. The number of fused-ring (bicyclic) bond motifs is 2. The van der Waals surface area contributed by atoms with E-state index in [1.54, 1.807) is 0 Å². The zero-order valence-corrected chi connectivity index (χ0v) is 15.9. The first-order chi connectivity index (χ1) is 11.9. The molecular formula is C21H29ClN2O. The molecule has 4 atom stereocenters. The first kappa shape index (κ1) is 17.4. The molecule has 1 heterocycles. The Kier molecular flexibility index (Phi) is 4.36. The topological polar surface area (TPSA) is 46.3 Å². The van der Waals surface area contributed by atoms with Gasteiger partial charge in [-0.05, 0) is 73.6 Å². The van der Waals surface area contributed by atoms with Crippen LogP contribution >= 0.6 is 11.6 Å². The molecule has 0 radical (unpaired) electrons. The fourth-order valence-corrected chi connectivity index (χ4v) is 5.77. The van der Waals surface area contributed by atoms with Crippen LogP contribution in [0.3, 0.4) is 0 Å². The molecule has 3 fully saturated rings. The number of rotatable bonds is 4. The van der Waals surface area contributed by atoms with Crippen molar-refractivity contribution in [2.24, 2.45) is 28.4 Å². The van der Waals surface area contributed by atoms with Gasteiger partial charge in [-0.3, -0.25) is 4.79 Å². The Bertz CT molecular complexity index is 660. The number of nitrogens with zero attached hydrogens (tertiary/aromatic N) is 1. The summed E-state index contributed by atoms with van der Waals surface area (Å²) in [4.78, 5) is 15.8. The van der Waals surface area contributed by atoms with Gasteiger partial charge in [-0.15, -0.1) is 0 Å². The van der Waals surface area contributed by atoms with Gasteiger partial charge >= 0.3 is 0 Å². The highest BCUT2D eigenvalue weighted by molar-refractivity contribution is 6.30. The molecule has 25 heavy (non-hydrogen) atoms. The molecule has 0 aromatic heterocycles. The summed E-state index contributed by atoms with van der Waals surface area (Å²) in [5, 5.41) is 0.760. The van der Waals surface area contributed by atoms with Gasteiger partial charge in [0.2, 0.25) is 5.91 Å². The third kappa shape index (κ3) is 3.00. The molecule has 2 N–H and O–H groups in total. The highest BCUT2D eigenvalue weighted by Crippen LogP contribution is 2.58. The van der Waals surface area contributed by atoms with E-state index in [2.05, 4.69) is 24.0 Å². The average Bonchev–Trinajstić information content (AvgIpc) is 3.31. The maximum atomic E-state index is 13.7. The minimum absolute atomic E-state index is 0.0920. The highest BCUT2D eigenvalue weighted by Gasteiger charge is 2.57. The van der Waals surface area contributed by atoms with Crippen LogP contribution in [0, 0.1) is 22.7 Å². The van der Waals surface area contributed by atoms with Crippen LogP contribution in [0.5, 0.6) is 0 Å². The first-order valence-corrected chi connectivity index (χ1v) is 10.1. The summed E-state index contributed by atoms with van der Waals surface area (Å²) < 4.78 is 0. The second-order valence-electron chi connectivity index (χ2n) is 9.03. The molecule has 3 aliphatic rings. The fourth-order valence-electron chi connectivity index (χ4n) is 5.64. The van der Waals surface area contributed by atoms with E-state index in [0.29, 0.717) is 18.4 Å². The number of halogens is 1. The highest BCUT2D eigenvalue weighted by atomic mass is 35.5. The number of hydrogen-bond acceptors (Lipinski definition) is 2. The molecule has 3 nitrogen and oxygen atoms in total. The Morgan fingerprint density at radius 2 is 2.08 bits per heavy atom. The standard InChI is InChI=1S/C21H29ClN2O/c1-20(13-23)8-9-24(14-20)19(25)21(12-16-2-5-17(21)10-16)11-15-3-6-18(22)7-4-15/h3-4,6-7,16-17H,2,5,8-14,23H2,1H3. The monoisotopic (exact) mass is 360 g/mol. The third-order valence-electron chi connectivity index (χ3n) is 7.17. The van der Waals surface area contributed by atoms with Crippen LogP contribution in [0.4, 0.5) is 0 Å². The minimum atomic E-state index is -0.198. The van der Waals surface area contributed by atoms with Crippen molar-refractivity contribution < 1.29 is 4.79 Å². The van der Waals surface area contributed by atoms with E-state index in [0.717, 1.165) is 43.3 Å². The van der Waals surface area contributed by atoms with Gasteiger partial charge in [0.15, 0.2) is 0 Å². The summed E-state index contributed by atoms with van der Waals surface area (Å²) in [5.41, 5.74) is 7.10. The van der Waals surface area contributed by atoms with Gasteiger partial charge in [0.25, 0.3) is 0 Å².